The summed E-state index contributed by atoms with van der Waals surface area (Å²) in [5.74, 6) is 0.238. The summed E-state index contributed by atoms with van der Waals surface area (Å²) < 4.78 is 26.2. The van der Waals surface area contributed by atoms with Gasteiger partial charge in [-0.25, -0.2) is 13.1 Å². The summed E-state index contributed by atoms with van der Waals surface area (Å²) in [4.78, 5) is 12.2. The van der Waals surface area contributed by atoms with Gasteiger partial charge in [-0.2, -0.15) is 0 Å². The Balaban J connectivity index is 2.04. The lowest BCUT2D eigenvalue weighted by Crippen LogP contribution is -2.41. The highest BCUT2D eigenvalue weighted by atomic mass is 32.2. The maximum absolute atomic E-state index is 12.1. The zero-order valence-corrected chi connectivity index (χ0v) is 13.1. The van der Waals surface area contributed by atoms with E-state index in [0.29, 0.717) is 18.0 Å². The number of carbonyl (C=O) groups excluding carboxylic acids is 1. The minimum atomic E-state index is -3.57. The highest BCUT2D eigenvalue weighted by Crippen LogP contribution is 2.32. The minimum absolute atomic E-state index is 0.00910. The van der Waals surface area contributed by atoms with E-state index >= 15 is 0 Å². The van der Waals surface area contributed by atoms with Crippen molar-refractivity contribution in [3.63, 3.8) is 0 Å². The second-order valence-electron chi connectivity index (χ2n) is 5.32. The lowest BCUT2D eigenvalue weighted by atomic mass is 10.1. The van der Waals surface area contributed by atoms with Gasteiger partial charge < -0.3 is 11.1 Å². The normalized spacial score (nSPS) is 16.0. The first-order valence-corrected chi connectivity index (χ1v) is 8.68. The summed E-state index contributed by atoms with van der Waals surface area (Å²) in [5.41, 5.74) is 6.08. The number of rotatable bonds is 8. The van der Waals surface area contributed by atoms with Gasteiger partial charge in [-0.1, -0.05) is 6.08 Å². The molecule has 22 heavy (non-hydrogen) atoms. The van der Waals surface area contributed by atoms with E-state index in [9.17, 15) is 13.2 Å². The maximum Gasteiger partial charge on any atom is 0.251 e. The maximum atomic E-state index is 12.1. The molecule has 0 radical (unpaired) electrons. The first-order chi connectivity index (χ1) is 10.5. The molecule has 0 bridgehead atoms. The molecule has 0 aliphatic heterocycles. The van der Waals surface area contributed by atoms with E-state index in [1.165, 1.54) is 30.3 Å². The quantitative estimate of drug-likeness (QED) is 0.610. The number of amides is 1. The zero-order valence-electron chi connectivity index (χ0n) is 12.3. The third-order valence-corrected chi connectivity index (χ3v) is 5.05. The van der Waals surface area contributed by atoms with E-state index in [0.717, 1.165) is 12.8 Å². The molecule has 1 aliphatic carbocycles. The van der Waals surface area contributed by atoms with Gasteiger partial charge in [-0.3, -0.25) is 4.79 Å². The molecule has 1 aliphatic rings. The molecule has 120 valence electrons. The highest BCUT2D eigenvalue weighted by Gasteiger charge is 2.31. The lowest BCUT2D eigenvalue weighted by Gasteiger charge is -2.16. The van der Waals surface area contributed by atoms with Crippen molar-refractivity contribution in [1.82, 2.24) is 10.0 Å². The summed E-state index contributed by atoms with van der Waals surface area (Å²) in [6.07, 6.45) is 3.65. The molecule has 1 saturated carbocycles. The largest absolute Gasteiger partial charge is 0.348 e. The van der Waals surface area contributed by atoms with Gasteiger partial charge in [0.2, 0.25) is 10.0 Å². The Kier molecular flexibility index (Phi) is 5.33. The summed E-state index contributed by atoms with van der Waals surface area (Å²) in [7, 11) is -3.57. The minimum Gasteiger partial charge on any atom is -0.348 e. The fraction of sp³-hybridized carbons (Fsp3) is 0.400. The van der Waals surface area contributed by atoms with Crippen molar-refractivity contribution in [3.05, 3.63) is 42.5 Å². The van der Waals surface area contributed by atoms with E-state index in [2.05, 4.69) is 16.6 Å². The summed E-state index contributed by atoms with van der Waals surface area (Å²) in [6.45, 7) is 4.03. The molecule has 4 N–H and O–H groups in total. The topological polar surface area (TPSA) is 101 Å². The molecule has 0 saturated heterocycles. The number of hydrogen-bond acceptors (Lipinski definition) is 4. The van der Waals surface area contributed by atoms with Crippen LogP contribution < -0.4 is 15.8 Å². The van der Waals surface area contributed by atoms with E-state index in [1.54, 1.807) is 0 Å². The lowest BCUT2D eigenvalue weighted by molar-refractivity contribution is 0.0933. The van der Waals surface area contributed by atoms with E-state index in [1.807, 2.05) is 0 Å². The Morgan fingerprint density at radius 3 is 2.50 bits per heavy atom. The molecule has 1 aromatic rings. The first-order valence-electron chi connectivity index (χ1n) is 7.19. The van der Waals surface area contributed by atoms with Crippen LogP contribution in [0.15, 0.2) is 41.8 Å². The van der Waals surface area contributed by atoms with Crippen LogP contribution >= 0.6 is 0 Å². The number of benzene rings is 1. The third-order valence-electron chi connectivity index (χ3n) is 3.61. The molecular weight excluding hydrogens is 302 g/mol. The van der Waals surface area contributed by atoms with Gasteiger partial charge in [0, 0.05) is 24.7 Å². The number of carbonyl (C=O) groups is 1. The van der Waals surface area contributed by atoms with Gasteiger partial charge in [0.05, 0.1) is 4.90 Å². The smallest absolute Gasteiger partial charge is 0.251 e. The van der Waals surface area contributed by atoms with Crippen LogP contribution in [-0.4, -0.2) is 33.5 Å². The van der Waals surface area contributed by atoms with Crippen molar-refractivity contribution in [3.8, 4) is 0 Å². The summed E-state index contributed by atoms with van der Waals surface area (Å²) in [6, 6.07) is 5.81. The molecule has 1 fully saturated rings. The Morgan fingerprint density at radius 1 is 1.36 bits per heavy atom. The number of nitrogens with one attached hydrogen (secondary N) is 2. The van der Waals surface area contributed by atoms with Gasteiger partial charge in [-0.15, -0.1) is 6.58 Å². The second kappa shape index (κ2) is 7.04. The van der Waals surface area contributed by atoms with Crippen molar-refractivity contribution in [1.29, 1.82) is 0 Å². The fourth-order valence-electron chi connectivity index (χ4n) is 2.16. The molecule has 1 amide bonds. The average molecular weight is 323 g/mol. The van der Waals surface area contributed by atoms with Crippen LogP contribution in [0.3, 0.4) is 0 Å². The molecule has 1 atom stereocenters. The molecule has 0 spiro atoms. The van der Waals surface area contributed by atoms with Gasteiger partial charge in [0.25, 0.3) is 5.91 Å². The van der Waals surface area contributed by atoms with E-state index in [-0.39, 0.29) is 23.4 Å². The molecular formula is C15H21N3O3S. The third kappa shape index (κ3) is 4.16. The Labute approximate surface area is 130 Å². The zero-order chi connectivity index (χ0) is 16.2. The molecule has 1 aromatic carbocycles. The average Bonchev–Trinajstić information content (AvgIpc) is 3.35. The molecule has 6 nitrogen and oxygen atoms in total. The van der Waals surface area contributed by atoms with Crippen molar-refractivity contribution >= 4 is 15.9 Å². The van der Waals surface area contributed by atoms with Gasteiger partial charge in [0.15, 0.2) is 0 Å². The Hall–Kier alpha value is -1.70. The monoisotopic (exact) mass is 323 g/mol. The predicted octanol–water partition coefficient (Wildman–Crippen LogP) is 0.618. The summed E-state index contributed by atoms with van der Waals surface area (Å²) in [5, 5.41) is 2.90. The Bertz CT molecular complexity index is 637. The van der Waals surface area contributed by atoms with Crippen LogP contribution in [0.4, 0.5) is 0 Å². The standard InChI is InChI=1S/C15H21N3O3S/c1-2-9-17-22(20,21)13-7-5-12(6-8-13)15(19)18-14(10-16)11-3-4-11/h2,5-8,11,14,17H,1,3-4,9-10,16H2,(H,18,19). The van der Waals surface area contributed by atoms with Crippen LogP contribution in [-0.2, 0) is 10.0 Å². The molecule has 1 unspecified atom stereocenters. The van der Waals surface area contributed by atoms with Gasteiger partial charge in [-0.05, 0) is 43.0 Å². The van der Waals surface area contributed by atoms with E-state index < -0.39 is 10.0 Å². The SMILES string of the molecule is C=CCNS(=O)(=O)c1ccc(C(=O)NC(CN)C2CC2)cc1. The highest BCUT2D eigenvalue weighted by molar-refractivity contribution is 7.89. The number of nitrogens with two attached hydrogens (primary N) is 1. The summed E-state index contributed by atoms with van der Waals surface area (Å²) >= 11 is 0. The van der Waals surface area contributed by atoms with Crippen molar-refractivity contribution in [2.45, 2.75) is 23.8 Å². The van der Waals surface area contributed by atoms with Crippen LogP contribution in [0, 0.1) is 5.92 Å². The van der Waals surface area contributed by atoms with Crippen LogP contribution in [0.5, 0.6) is 0 Å². The van der Waals surface area contributed by atoms with Gasteiger partial charge in [0.1, 0.15) is 0 Å². The second-order valence-corrected chi connectivity index (χ2v) is 7.08. The van der Waals surface area contributed by atoms with Crippen molar-refractivity contribution in [2.75, 3.05) is 13.1 Å². The van der Waals surface area contributed by atoms with E-state index in [4.69, 9.17) is 5.73 Å². The predicted molar refractivity (Wildman–Crippen MR) is 84.9 cm³/mol. The first kappa shape index (κ1) is 16.7. The molecule has 0 aromatic heterocycles. The van der Waals surface area contributed by atoms with Crippen molar-refractivity contribution in [2.24, 2.45) is 11.7 Å². The van der Waals surface area contributed by atoms with Crippen LogP contribution in [0.25, 0.3) is 0 Å². The van der Waals surface area contributed by atoms with Crippen LogP contribution in [0.1, 0.15) is 23.2 Å². The number of sulfonamides is 1. The number of hydrogen-bond donors (Lipinski definition) is 3. The van der Waals surface area contributed by atoms with Crippen molar-refractivity contribution < 1.29 is 13.2 Å². The van der Waals surface area contributed by atoms with Gasteiger partial charge >= 0.3 is 0 Å². The Morgan fingerprint density at radius 2 is 2.00 bits per heavy atom. The molecule has 2 rings (SSSR count). The molecule has 7 heteroatoms. The fourth-order valence-corrected chi connectivity index (χ4v) is 3.16. The van der Waals surface area contributed by atoms with Crippen LogP contribution in [0.2, 0.25) is 0 Å². The molecule has 0 heterocycles.